The molecule has 7 rings (SSSR count). The maximum Gasteiger partial charge on any atom is 0.268 e. The molecule has 0 atom stereocenters. The van der Waals surface area contributed by atoms with Gasteiger partial charge in [-0.25, -0.2) is 0 Å². The fraction of sp³-hybridized carbons (Fsp3) is 0.0769. The molecule has 1 aromatic heterocycles. The van der Waals surface area contributed by atoms with Gasteiger partial charge in [-0.2, -0.15) is 0 Å². The van der Waals surface area contributed by atoms with Gasteiger partial charge < -0.3 is 9.64 Å². The standard InChI is InChI=1S/C26H18BNOS/c1-2-9-17(10-3-1)28-20-13-8-15-22-24(20)27(19-12-5-6-14-21(19)29-22)26-25(28)18-11-4-7-16-23(18)30-26/h1-3,5-10,12-16H,4,11H2. The monoisotopic (exact) mass is 403 g/mol. The second-order valence-electron chi connectivity index (χ2n) is 8.03. The molecule has 142 valence electrons. The van der Waals surface area contributed by atoms with E-state index >= 15 is 0 Å². The summed E-state index contributed by atoms with van der Waals surface area (Å²) in [6.07, 6.45) is 6.84. The summed E-state index contributed by atoms with van der Waals surface area (Å²) in [5.41, 5.74) is 7.88. The van der Waals surface area contributed by atoms with Crippen molar-refractivity contribution in [3.8, 4) is 11.5 Å². The maximum atomic E-state index is 6.39. The van der Waals surface area contributed by atoms with E-state index in [1.165, 1.54) is 43.2 Å². The third-order valence-corrected chi connectivity index (χ3v) is 7.64. The van der Waals surface area contributed by atoms with Crippen LogP contribution in [0.25, 0.3) is 6.08 Å². The van der Waals surface area contributed by atoms with Gasteiger partial charge in [-0.1, -0.05) is 48.5 Å². The zero-order valence-electron chi connectivity index (χ0n) is 16.3. The van der Waals surface area contributed by atoms with Crippen molar-refractivity contribution in [1.82, 2.24) is 0 Å². The van der Waals surface area contributed by atoms with E-state index in [1.54, 1.807) is 0 Å². The molecular formula is C26H18BNOS. The minimum absolute atomic E-state index is 0.222. The lowest BCUT2D eigenvalue weighted by Gasteiger charge is -2.39. The van der Waals surface area contributed by atoms with Gasteiger partial charge in [-0.3, -0.25) is 0 Å². The van der Waals surface area contributed by atoms with Gasteiger partial charge in [0.25, 0.3) is 6.71 Å². The third kappa shape index (κ3) is 2.14. The van der Waals surface area contributed by atoms with Gasteiger partial charge in [0.1, 0.15) is 11.5 Å². The molecule has 0 radical (unpaired) electrons. The first kappa shape index (κ1) is 16.6. The second-order valence-corrected chi connectivity index (χ2v) is 9.12. The summed E-state index contributed by atoms with van der Waals surface area (Å²) in [6, 6.07) is 25.8. The van der Waals surface area contributed by atoms with Crippen molar-refractivity contribution in [2.45, 2.75) is 12.8 Å². The zero-order valence-corrected chi connectivity index (χ0v) is 17.2. The lowest BCUT2D eigenvalue weighted by atomic mass is 9.37. The molecule has 1 aliphatic carbocycles. The van der Waals surface area contributed by atoms with Gasteiger partial charge in [0.15, 0.2) is 0 Å². The van der Waals surface area contributed by atoms with Crippen LogP contribution in [-0.2, 0) is 6.42 Å². The molecule has 3 aromatic carbocycles. The first-order valence-electron chi connectivity index (χ1n) is 10.5. The Hall–Kier alpha value is -3.24. The number of nitrogens with zero attached hydrogens (tertiary/aromatic N) is 1. The van der Waals surface area contributed by atoms with Crippen LogP contribution in [0.15, 0.2) is 78.9 Å². The number of hydrogen-bond acceptors (Lipinski definition) is 3. The van der Waals surface area contributed by atoms with Crippen molar-refractivity contribution in [2.24, 2.45) is 0 Å². The van der Waals surface area contributed by atoms with Crippen LogP contribution in [0.1, 0.15) is 16.9 Å². The highest BCUT2D eigenvalue weighted by Crippen LogP contribution is 2.45. The highest BCUT2D eigenvalue weighted by Gasteiger charge is 2.44. The molecule has 2 aliphatic heterocycles. The number of anilines is 3. The fourth-order valence-electron chi connectivity index (χ4n) is 5.16. The molecule has 0 spiro atoms. The molecule has 0 bridgehead atoms. The van der Waals surface area contributed by atoms with E-state index in [1.807, 2.05) is 11.3 Å². The molecule has 0 saturated heterocycles. The number of hydrogen-bond donors (Lipinski definition) is 0. The molecule has 4 heteroatoms. The van der Waals surface area contributed by atoms with Gasteiger partial charge in [0.05, 0.1) is 5.69 Å². The van der Waals surface area contributed by atoms with Crippen LogP contribution in [0.2, 0.25) is 0 Å². The number of para-hydroxylation sites is 2. The lowest BCUT2D eigenvalue weighted by molar-refractivity contribution is 0.487. The topological polar surface area (TPSA) is 12.5 Å². The summed E-state index contributed by atoms with van der Waals surface area (Å²) in [5.74, 6) is 1.96. The molecule has 0 amide bonds. The Morgan fingerprint density at radius 3 is 2.63 bits per heavy atom. The van der Waals surface area contributed by atoms with Crippen molar-refractivity contribution in [2.75, 3.05) is 4.90 Å². The Labute approximate surface area is 180 Å². The number of allylic oxidation sites excluding steroid dienone is 1. The van der Waals surface area contributed by atoms with E-state index in [0.717, 1.165) is 24.3 Å². The number of thiophene rings is 1. The minimum atomic E-state index is 0.222. The van der Waals surface area contributed by atoms with Crippen LogP contribution < -0.4 is 25.3 Å². The quantitative estimate of drug-likeness (QED) is 0.354. The SMILES string of the molecule is C1=Cc2sc3c(c2CC1)N(c1ccccc1)c1cccc2c1B3c1ccccc1O2. The summed E-state index contributed by atoms with van der Waals surface area (Å²) in [6.45, 7) is 0.222. The van der Waals surface area contributed by atoms with Crippen LogP contribution >= 0.6 is 11.3 Å². The maximum absolute atomic E-state index is 6.39. The van der Waals surface area contributed by atoms with Crippen LogP contribution in [0.4, 0.5) is 17.1 Å². The fourth-order valence-corrected chi connectivity index (χ4v) is 6.56. The van der Waals surface area contributed by atoms with Gasteiger partial charge >= 0.3 is 0 Å². The van der Waals surface area contributed by atoms with E-state index in [9.17, 15) is 0 Å². The van der Waals surface area contributed by atoms with Gasteiger partial charge in [-0.05, 0) is 65.7 Å². The molecule has 3 aliphatic rings. The Morgan fingerprint density at radius 2 is 1.70 bits per heavy atom. The van der Waals surface area contributed by atoms with Crippen LogP contribution in [0.3, 0.4) is 0 Å². The van der Waals surface area contributed by atoms with Crippen molar-refractivity contribution < 1.29 is 4.74 Å². The summed E-state index contributed by atoms with van der Waals surface area (Å²) in [5, 5.41) is 0. The van der Waals surface area contributed by atoms with Crippen molar-refractivity contribution in [3.63, 3.8) is 0 Å². The van der Waals surface area contributed by atoms with Gasteiger partial charge in [0.2, 0.25) is 0 Å². The Balaban J connectivity index is 1.60. The van der Waals surface area contributed by atoms with E-state index in [4.69, 9.17) is 4.74 Å². The molecule has 0 N–H and O–H groups in total. The molecule has 3 heterocycles. The van der Waals surface area contributed by atoms with Crippen LogP contribution in [-0.4, -0.2) is 6.71 Å². The van der Waals surface area contributed by atoms with E-state index in [-0.39, 0.29) is 6.71 Å². The molecule has 0 saturated carbocycles. The summed E-state index contributed by atoms with van der Waals surface area (Å²) in [4.78, 5) is 3.88. The summed E-state index contributed by atoms with van der Waals surface area (Å²) < 4.78 is 7.83. The molecule has 2 nitrogen and oxygen atoms in total. The summed E-state index contributed by atoms with van der Waals surface area (Å²) >= 11 is 1.95. The van der Waals surface area contributed by atoms with Crippen molar-refractivity contribution in [3.05, 3.63) is 89.3 Å². The van der Waals surface area contributed by atoms with Gasteiger partial charge in [-0.15, -0.1) is 11.3 Å². The molecular weight excluding hydrogens is 385 g/mol. The van der Waals surface area contributed by atoms with Gasteiger partial charge in [0, 0.05) is 21.0 Å². The van der Waals surface area contributed by atoms with E-state index < -0.39 is 0 Å². The van der Waals surface area contributed by atoms with E-state index in [0.29, 0.717) is 0 Å². The molecule has 0 fully saturated rings. The molecule has 4 aromatic rings. The third-order valence-electron chi connectivity index (χ3n) is 6.39. The zero-order chi connectivity index (χ0) is 19.7. The highest BCUT2D eigenvalue weighted by molar-refractivity contribution is 7.29. The molecule has 30 heavy (non-hydrogen) atoms. The average molecular weight is 403 g/mol. The first-order valence-corrected chi connectivity index (χ1v) is 11.3. The van der Waals surface area contributed by atoms with Crippen LogP contribution in [0, 0.1) is 0 Å². The Kier molecular flexibility index (Phi) is 3.38. The Morgan fingerprint density at radius 1 is 0.867 bits per heavy atom. The second kappa shape index (κ2) is 6.13. The van der Waals surface area contributed by atoms with Crippen molar-refractivity contribution in [1.29, 1.82) is 0 Å². The molecule has 0 unspecified atom stereocenters. The minimum Gasteiger partial charge on any atom is -0.458 e. The normalized spacial score (nSPS) is 15.1. The largest absolute Gasteiger partial charge is 0.458 e. The number of rotatable bonds is 1. The number of ether oxygens (including phenoxy) is 1. The van der Waals surface area contributed by atoms with E-state index in [2.05, 4.69) is 89.8 Å². The number of fused-ring (bicyclic) bond motifs is 6. The Bertz CT molecular complexity index is 1340. The first-order chi connectivity index (χ1) is 14.9. The van der Waals surface area contributed by atoms with Crippen molar-refractivity contribution >= 4 is 56.9 Å². The highest BCUT2D eigenvalue weighted by atomic mass is 32.1. The smallest absolute Gasteiger partial charge is 0.268 e. The average Bonchev–Trinajstić information content (AvgIpc) is 3.19. The number of benzene rings is 3. The predicted octanol–water partition coefficient (Wildman–Crippen LogP) is 5.11. The lowest BCUT2D eigenvalue weighted by Crippen LogP contribution is -2.58. The van der Waals surface area contributed by atoms with Crippen LogP contribution in [0.5, 0.6) is 11.5 Å². The summed E-state index contributed by atoms with van der Waals surface area (Å²) in [7, 11) is 0. The predicted molar refractivity (Wildman–Crippen MR) is 128 cm³/mol.